The molecule has 0 radical (unpaired) electrons. The summed E-state index contributed by atoms with van der Waals surface area (Å²) in [6.45, 7) is 1.97. The average Bonchev–Trinajstić information content (AvgIpc) is 3.57. The molecule has 1 aliphatic rings. The molecule has 2 aromatic carbocycles. The summed E-state index contributed by atoms with van der Waals surface area (Å²) in [5.74, 6) is 0.319. The minimum Gasteiger partial charge on any atom is -0.493 e. The lowest BCUT2D eigenvalue weighted by Gasteiger charge is -2.32. The normalized spacial score (nSPS) is 14.4. The number of anilines is 1. The van der Waals surface area contributed by atoms with Gasteiger partial charge in [0.15, 0.2) is 17.3 Å². The first-order valence-corrected chi connectivity index (χ1v) is 11.5. The number of para-hydroxylation sites is 1. The molecule has 0 spiro atoms. The molecule has 1 unspecified atom stereocenters. The zero-order valence-electron chi connectivity index (χ0n) is 19.7. The van der Waals surface area contributed by atoms with E-state index in [0.717, 1.165) is 31.2 Å². The van der Waals surface area contributed by atoms with E-state index in [2.05, 4.69) is 5.32 Å². The molecule has 4 rings (SSSR count). The second-order valence-electron chi connectivity index (χ2n) is 8.46. The number of nitrogens with one attached hydrogen (secondary N) is 1. The fourth-order valence-corrected chi connectivity index (χ4v) is 4.48. The predicted octanol–water partition coefficient (Wildman–Crippen LogP) is 5.05. The highest BCUT2D eigenvalue weighted by Gasteiger charge is 2.38. The lowest BCUT2D eigenvalue weighted by Crippen LogP contribution is -2.46. The Labute approximate surface area is 199 Å². The summed E-state index contributed by atoms with van der Waals surface area (Å²) in [4.78, 5) is 29.1. The Kier molecular flexibility index (Phi) is 7.21. The van der Waals surface area contributed by atoms with Crippen molar-refractivity contribution in [3.8, 4) is 11.5 Å². The number of amides is 2. The molecule has 0 aliphatic heterocycles. The zero-order valence-corrected chi connectivity index (χ0v) is 19.7. The van der Waals surface area contributed by atoms with Gasteiger partial charge in [0.25, 0.3) is 5.91 Å². The number of carbonyl (C=O) groups is 2. The topological polar surface area (TPSA) is 81.0 Å². The first-order chi connectivity index (χ1) is 16.5. The second-order valence-corrected chi connectivity index (χ2v) is 8.46. The Morgan fingerprint density at radius 2 is 1.74 bits per heavy atom. The van der Waals surface area contributed by atoms with E-state index >= 15 is 0 Å². The van der Waals surface area contributed by atoms with Crippen molar-refractivity contribution in [3.63, 3.8) is 0 Å². The van der Waals surface area contributed by atoms with Crippen molar-refractivity contribution >= 4 is 17.5 Å². The number of methoxy groups -OCH3 is 2. The molecular formula is C27H30N2O5. The van der Waals surface area contributed by atoms with E-state index in [1.165, 1.54) is 18.3 Å². The van der Waals surface area contributed by atoms with Crippen LogP contribution in [0, 0.1) is 6.92 Å². The van der Waals surface area contributed by atoms with Gasteiger partial charge in [-0.2, -0.15) is 0 Å². The van der Waals surface area contributed by atoms with Gasteiger partial charge in [0.2, 0.25) is 5.91 Å². The van der Waals surface area contributed by atoms with Gasteiger partial charge in [0, 0.05) is 17.3 Å². The minimum absolute atomic E-state index is 0.0742. The molecule has 0 bridgehead atoms. The van der Waals surface area contributed by atoms with Crippen molar-refractivity contribution < 1.29 is 23.5 Å². The third-order valence-corrected chi connectivity index (χ3v) is 6.20. The number of rotatable bonds is 8. The van der Waals surface area contributed by atoms with Gasteiger partial charge in [-0.05, 0) is 50.1 Å². The molecule has 1 atom stereocenters. The standard InChI is InChI=1S/C27H30N2O5/c1-18-13-15-20(16-14-18)29(27(31)23-12-7-17-34-23)24(26(30)28-19-8-4-5-9-19)21-10-6-11-22(32-2)25(21)33-3/h6-7,10-17,19,24H,4-5,8-9H2,1-3H3,(H,28,30). The number of carbonyl (C=O) groups excluding carboxylic acids is 2. The monoisotopic (exact) mass is 462 g/mol. The molecule has 3 aromatic rings. The SMILES string of the molecule is COc1cccc(C(C(=O)NC2CCCC2)N(C(=O)c2ccco2)c2ccc(C)cc2)c1OC. The molecule has 1 aliphatic carbocycles. The molecule has 2 amide bonds. The predicted molar refractivity (Wildman–Crippen MR) is 129 cm³/mol. The molecular weight excluding hydrogens is 432 g/mol. The van der Waals surface area contributed by atoms with E-state index in [4.69, 9.17) is 13.9 Å². The van der Waals surface area contributed by atoms with Crippen LogP contribution in [0.2, 0.25) is 0 Å². The van der Waals surface area contributed by atoms with Crippen LogP contribution in [0.5, 0.6) is 11.5 Å². The lowest BCUT2D eigenvalue weighted by molar-refractivity contribution is -0.123. The molecule has 1 fully saturated rings. The molecule has 1 heterocycles. The minimum atomic E-state index is -1.01. The summed E-state index contributed by atoms with van der Waals surface area (Å²) in [5, 5.41) is 3.17. The fraction of sp³-hybridized carbons (Fsp3) is 0.333. The number of hydrogen-bond acceptors (Lipinski definition) is 5. The van der Waals surface area contributed by atoms with E-state index < -0.39 is 11.9 Å². The van der Waals surface area contributed by atoms with Crippen molar-refractivity contribution in [2.24, 2.45) is 0 Å². The molecule has 7 heteroatoms. The molecule has 34 heavy (non-hydrogen) atoms. The van der Waals surface area contributed by atoms with Crippen LogP contribution in [0.25, 0.3) is 0 Å². The van der Waals surface area contributed by atoms with Crippen LogP contribution in [-0.2, 0) is 4.79 Å². The van der Waals surface area contributed by atoms with E-state index in [9.17, 15) is 9.59 Å². The number of ether oxygens (including phenoxy) is 2. The summed E-state index contributed by atoms with van der Waals surface area (Å²) in [6.07, 6.45) is 5.44. The van der Waals surface area contributed by atoms with Crippen LogP contribution in [0.3, 0.4) is 0 Å². The van der Waals surface area contributed by atoms with E-state index in [1.807, 2.05) is 31.2 Å². The van der Waals surface area contributed by atoms with Crippen LogP contribution in [-0.4, -0.2) is 32.1 Å². The molecule has 1 aromatic heterocycles. The first kappa shape index (κ1) is 23.4. The Morgan fingerprint density at radius 3 is 2.35 bits per heavy atom. The number of benzene rings is 2. The van der Waals surface area contributed by atoms with Crippen LogP contribution in [0.1, 0.15) is 53.4 Å². The smallest absolute Gasteiger partial charge is 0.294 e. The van der Waals surface area contributed by atoms with Gasteiger partial charge < -0.3 is 19.2 Å². The Hall–Kier alpha value is -3.74. The number of nitrogens with zero attached hydrogens (tertiary/aromatic N) is 1. The molecule has 0 saturated heterocycles. The van der Waals surface area contributed by atoms with Gasteiger partial charge in [-0.15, -0.1) is 0 Å². The first-order valence-electron chi connectivity index (χ1n) is 11.5. The number of aryl methyl sites for hydroxylation is 1. The second kappa shape index (κ2) is 10.5. The van der Waals surface area contributed by atoms with E-state index in [0.29, 0.717) is 22.7 Å². The van der Waals surface area contributed by atoms with Crippen molar-refractivity contribution in [2.75, 3.05) is 19.1 Å². The molecule has 1 saturated carbocycles. The summed E-state index contributed by atoms with van der Waals surface area (Å²) in [6, 6.07) is 15.1. The van der Waals surface area contributed by atoms with E-state index in [-0.39, 0.29) is 17.7 Å². The number of furan rings is 1. The van der Waals surface area contributed by atoms with E-state index in [1.54, 1.807) is 37.4 Å². The van der Waals surface area contributed by atoms with Gasteiger partial charge in [-0.3, -0.25) is 14.5 Å². The Bertz CT molecular complexity index is 1120. The van der Waals surface area contributed by atoms with Crippen molar-refractivity contribution in [3.05, 3.63) is 77.7 Å². The zero-order chi connectivity index (χ0) is 24.1. The van der Waals surface area contributed by atoms with Crippen LogP contribution >= 0.6 is 0 Å². The Morgan fingerprint density at radius 1 is 1.00 bits per heavy atom. The largest absolute Gasteiger partial charge is 0.493 e. The molecule has 178 valence electrons. The molecule has 1 N–H and O–H groups in total. The van der Waals surface area contributed by atoms with Gasteiger partial charge >= 0.3 is 0 Å². The van der Waals surface area contributed by atoms with Gasteiger partial charge in [0.05, 0.1) is 20.5 Å². The maximum absolute atomic E-state index is 13.9. The van der Waals surface area contributed by atoms with Crippen molar-refractivity contribution in [1.82, 2.24) is 5.32 Å². The van der Waals surface area contributed by atoms with Gasteiger partial charge in [-0.1, -0.05) is 42.7 Å². The fourth-order valence-electron chi connectivity index (χ4n) is 4.48. The van der Waals surface area contributed by atoms with Crippen LogP contribution < -0.4 is 19.7 Å². The highest BCUT2D eigenvalue weighted by Crippen LogP contribution is 2.40. The Balaban J connectivity index is 1.88. The molecule has 7 nitrogen and oxygen atoms in total. The van der Waals surface area contributed by atoms with Gasteiger partial charge in [0.1, 0.15) is 6.04 Å². The lowest BCUT2D eigenvalue weighted by atomic mass is 10.00. The third-order valence-electron chi connectivity index (χ3n) is 6.20. The highest BCUT2D eigenvalue weighted by atomic mass is 16.5. The summed E-state index contributed by atoms with van der Waals surface area (Å²) in [5.41, 5.74) is 2.14. The average molecular weight is 463 g/mol. The van der Waals surface area contributed by atoms with Crippen LogP contribution in [0.4, 0.5) is 5.69 Å². The van der Waals surface area contributed by atoms with Crippen molar-refractivity contribution in [2.45, 2.75) is 44.7 Å². The summed E-state index contributed by atoms with van der Waals surface area (Å²) >= 11 is 0. The maximum atomic E-state index is 13.9. The summed E-state index contributed by atoms with van der Waals surface area (Å²) in [7, 11) is 3.07. The highest BCUT2D eigenvalue weighted by molar-refractivity contribution is 6.09. The summed E-state index contributed by atoms with van der Waals surface area (Å²) < 4.78 is 16.6. The van der Waals surface area contributed by atoms with Gasteiger partial charge in [-0.25, -0.2) is 0 Å². The number of hydrogen-bond donors (Lipinski definition) is 1. The maximum Gasteiger partial charge on any atom is 0.294 e. The van der Waals surface area contributed by atoms with Crippen LogP contribution in [0.15, 0.2) is 65.3 Å². The quantitative estimate of drug-likeness (QED) is 0.507. The third kappa shape index (κ3) is 4.78. The van der Waals surface area contributed by atoms with Crippen molar-refractivity contribution in [1.29, 1.82) is 0 Å².